The fourth-order valence-corrected chi connectivity index (χ4v) is 3.64. The second kappa shape index (κ2) is 5.24. The van der Waals surface area contributed by atoms with Crippen molar-refractivity contribution in [3.63, 3.8) is 0 Å². The van der Waals surface area contributed by atoms with Crippen LogP contribution in [0.3, 0.4) is 0 Å². The minimum atomic E-state index is -0.837. The molecule has 6 nitrogen and oxygen atoms in total. The van der Waals surface area contributed by atoms with Gasteiger partial charge in [-0.1, -0.05) is 42.1 Å². The van der Waals surface area contributed by atoms with Crippen molar-refractivity contribution in [1.82, 2.24) is 14.9 Å². The van der Waals surface area contributed by atoms with Gasteiger partial charge in [0.1, 0.15) is 0 Å². The maximum atomic E-state index is 11.2. The molecular formula is C15H14N4O2S. The number of benzene rings is 1. The van der Waals surface area contributed by atoms with Crippen LogP contribution in [0.15, 0.2) is 40.6 Å². The van der Waals surface area contributed by atoms with Crippen LogP contribution in [0.2, 0.25) is 0 Å². The summed E-state index contributed by atoms with van der Waals surface area (Å²) in [6.45, 7) is 0. The van der Waals surface area contributed by atoms with Crippen molar-refractivity contribution >= 4 is 23.4 Å². The standard InChI is InChI=1S/C15H14N4O2S/c20-12(21)8-11-13(9-4-2-1-3-5-9)18-19-14(10-6-7-10)16-17-15(19)22-11/h1-5,10-11H,6-8H2,(H,20,21). The van der Waals surface area contributed by atoms with Crippen LogP contribution in [0.1, 0.15) is 36.6 Å². The minimum absolute atomic E-state index is 0.0179. The highest BCUT2D eigenvalue weighted by Gasteiger charge is 2.35. The van der Waals surface area contributed by atoms with Crippen LogP contribution in [0, 0.1) is 0 Å². The maximum absolute atomic E-state index is 11.2. The fraction of sp³-hybridized carbons (Fsp3) is 0.333. The summed E-state index contributed by atoms with van der Waals surface area (Å²) < 4.78 is 1.79. The predicted octanol–water partition coefficient (Wildman–Crippen LogP) is 2.36. The lowest BCUT2D eigenvalue weighted by Gasteiger charge is -2.21. The Morgan fingerprint density at radius 2 is 2.05 bits per heavy atom. The molecule has 1 aliphatic heterocycles. The molecule has 0 saturated heterocycles. The van der Waals surface area contributed by atoms with E-state index in [0.29, 0.717) is 11.1 Å². The quantitative estimate of drug-likeness (QED) is 0.937. The van der Waals surface area contributed by atoms with Gasteiger partial charge in [0.05, 0.1) is 17.4 Å². The van der Waals surface area contributed by atoms with Gasteiger partial charge in [-0.15, -0.1) is 10.2 Å². The largest absolute Gasteiger partial charge is 0.481 e. The summed E-state index contributed by atoms with van der Waals surface area (Å²) in [5.41, 5.74) is 1.73. The van der Waals surface area contributed by atoms with Crippen LogP contribution < -0.4 is 0 Å². The van der Waals surface area contributed by atoms with Gasteiger partial charge < -0.3 is 5.11 Å². The van der Waals surface area contributed by atoms with E-state index < -0.39 is 5.97 Å². The van der Waals surface area contributed by atoms with Crippen LogP contribution in [0.4, 0.5) is 0 Å². The smallest absolute Gasteiger partial charge is 0.304 e. The molecule has 0 spiro atoms. The Kier molecular flexibility index (Phi) is 3.22. The van der Waals surface area contributed by atoms with Crippen molar-refractivity contribution < 1.29 is 9.90 Å². The van der Waals surface area contributed by atoms with Crippen molar-refractivity contribution in [2.45, 2.75) is 35.6 Å². The third kappa shape index (κ3) is 2.41. The van der Waals surface area contributed by atoms with E-state index in [4.69, 9.17) is 5.10 Å². The molecule has 22 heavy (non-hydrogen) atoms. The number of hydrogen-bond acceptors (Lipinski definition) is 5. The molecule has 1 aromatic heterocycles. The molecule has 1 atom stereocenters. The van der Waals surface area contributed by atoms with Gasteiger partial charge >= 0.3 is 5.97 Å². The summed E-state index contributed by atoms with van der Waals surface area (Å²) in [5, 5.41) is 22.7. The number of carbonyl (C=O) groups is 1. The lowest BCUT2D eigenvalue weighted by molar-refractivity contribution is -0.136. The number of thioether (sulfide) groups is 1. The molecule has 2 heterocycles. The van der Waals surface area contributed by atoms with E-state index in [1.807, 2.05) is 30.3 Å². The molecule has 2 aliphatic rings. The summed E-state index contributed by atoms with van der Waals surface area (Å²) in [6, 6.07) is 9.72. The average molecular weight is 314 g/mol. The Balaban J connectivity index is 1.79. The van der Waals surface area contributed by atoms with E-state index in [-0.39, 0.29) is 11.7 Å². The molecule has 0 amide bonds. The number of carboxylic acids is 1. The molecule has 1 aliphatic carbocycles. The van der Waals surface area contributed by atoms with E-state index in [2.05, 4.69) is 10.2 Å². The van der Waals surface area contributed by atoms with Gasteiger partial charge in [-0.25, -0.2) is 0 Å². The van der Waals surface area contributed by atoms with Crippen molar-refractivity contribution in [3.8, 4) is 0 Å². The molecule has 0 radical (unpaired) electrons. The molecule has 1 unspecified atom stereocenters. The first-order valence-electron chi connectivity index (χ1n) is 7.20. The van der Waals surface area contributed by atoms with E-state index in [1.54, 1.807) is 4.68 Å². The minimum Gasteiger partial charge on any atom is -0.481 e. The number of hydrogen-bond donors (Lipinski definition) is 1. The van der Waals surface area contributed by atoms with Crippen LogP contribution in [-0.2, 0) is 4.79 Å². The van der Waals surface area contributed by atoms with Crippen molar-refractivity contribution in [2.75, 3.05) is 0 Å². The van der Waals surface area contributed by atoms with Crippen LogP contribution in [-0.4, -0.2) is 36.9 Å². The number of aromatic nitrogens is 3. The molecule has 0 bridgehead atoms. The van der Waals surface area contributed by atoms with Gasteiger partial charge in [-0.2, -0.15) is 9.78 Å². The highest BCUT2D eigenvalue weighted by molar-refractivity contribution is 8.00. The lowest BCUT2D eigenvalue weighted by Crippen LogP contribution is -2.27. The van der Waals surface area contributed by atoms with Gasteiger partial charge in [-0.3, -0.25) is 4.79 Å². The first-order valence-corrected chi connectivity index (χ1v) is 8.08. The Morgan fingerprint density at radius 3 is 2.73 bits per heavy atom. The molecule has 112 valence electrons. The topological polar surface area (TPSA) is 80.4 Å². The first-order chi connectivity index (χ1) is 10.7. The number of nitrogens with zero attached hydrogens (tertiary/aromatic N) is 4. The van der Waals surface area contributed by atoms with Crippen molar-refractivity contribution in [1.29, 1.82) is 0 Å². The van der Waals surface area contributed by atoms with E-state index >= 15 is 0 Å². The first kappa shape index (κ1) is 13.5. The number of aliphatic carboxylic acids is 1. The summed E-state index contributed by atoms with van der Waals surface area (Å²) in [4.78, 5) is 11.2. The van der Waals surface area contributed by atoms with Crippen LogP contribution >= 0.6 is 11.8 Å². The van der Waals surface area contributed by atoms with Crippen LogP contribution in [0.5, 0.6) is 0 Å². The van der Waals surface area contributed by atoms with Crippen molar-refractivity contribution in [2.24, 2.45) is 5.10 Å². The summed E-state index contributed by atoms with van der Waals surface area (Å²) in [7, 11) is 0. The zero-order valence-corrected chi connectivity index (χ0v) is 12.5. The Morgan fingerprint density at radius 1 is 1.27 bits per heavy atom. The molecule has 1 aromatic carbocycles. The van der Waals surface area contributed by atoms with E-state index in [1.165, 1.54) is 11.8 Å². The second-order valence-electron chi connectivity index (χ2n) is 5.48. The summed E-state index contributed by atoms with van der Waals surface area (Å²) >= 11 is 1.43. The van der Waals surface area contributed by atoms with Gasteiger partial charge in [0.2, 0.25) is 5.16 Å². The molecule has 1 N–H and O–H groups in total. The number of rotatable bonds is 4. The molecule has 1 fully saturated rings. The highest BCUT2D eigenvalue weighted by Crippen LogP contribution is 2.42. The summed E-state index contributed by atoms with van der Waals surface area (Å²) in [6.07, 6.45) is 2.26. The highest BCUT2D eigenvalue weighted by atomic mass is 32.2. The normalized spacial score (nSPS) is 20.4. The Bertz CT molecular complexity index is 752. The summed E-state index contributed by atoms with van der Waals surface area (Å²) in [5.74, 6) is 0.500. The molecule has 2 aromatic rings. The third-order valence-electron chi connectivity index (χ3n) is 3.77. The van der Waals surface area contributed by atoms with Crippen molar-refractivity contribution in [3.05, 3.63) is 41.7 Å². The molecule has 7 heteroatoms. The van der Waals surface area contributed by atoms with Gasteiger partial charge in [0.15, 0.2) is 5.82 Å². The molecular weight excluding hydrogens is 300 g/mol. The zero-order chi connectivity index (χ0) is 15.1. The molecule has 4 rings (SSSR count). The van der Waals surface area contributed by atoms with E-state index in [0.717, 1.165) is 29.9 Å². The average Bonchev–Trinajstić information content (AvgIpc) is 3.27. The molecule has 1 saturated carbocycles. The van der Waals surface area contributed by atoms with Crippen LogP contribution in [0.25, 0.3) is 0 Å². The lowest BCUT2D eigenvalue weighted by atomic mass is 10.1. The second-order valence-corrected chi connectivity index (χ2v) is 6.65. The van der Waals surface area contributed by atoms with Gasteiger partial charge in [-0.05, 0) is 18.4 Å². The Hall–Kier alpha value is -2.15. The SMILES string of the molecule is O=C(O)CC1Sc2nnc(C3CC3)n2N=C1c1ccccc1. The van der Waals surface area contributed by atoms with Gasteiger partial charge in [0, 0.05) is 5.92 Å². The zero-order valence-electron chi connectivity index (χ0n) is 11.7. The number of fused-ring (bicyclic) bond motifs is 1. The van der Waals surface area contributed by atoms with E-state index in [9.17, 15) is 9.90 Å². The predicted molar refractivity (Wildman–Crippen MR) is 82.3 cm³/mol. The number of carboxylic acid groups (broad SMARTS) is 1. The maximum Gasteiger partial charge on any atom is 0.304 e. The fourth-order valence-electron chi connectivity index (χ4n) is 2.54. The van der Waals surface area contributed by atoms with Gasteiger partial charge in [0.25, 0.3) is 0 Å². The third-order valence-corrected chi connectivity index (χ3v) is 4.91. The Labute approximate surface area is 131 Å². The monoisotopic (exact) mass is 314 g/mol.